The molecule has 3 N–H and O–H groups in total. The Labute approximate surface area is 133 Å². The van der Waals surface area contributed by atoms with Crippen molar-refractivity contribution in [3.05, 3.63) is 23.8 Å². The van der Waals surface area contributed by atoms with Gasteiger partial charge in [-0.3, -0.25) is 4.79 Å². The maximum absolute atomic E-state index is 12.3. The van der Waals surface area contributed by atoms with Crippen molar-refractivity contribution in [1.29, 1.82) is 0 Å². The molecule has 22 heavy (non-hydrogen) atoms. The molecule has 0 bridgehead atoms. The van der Waals surface area contributed by atoms with Gasteiger partial charge in [-0.2, -0.15) is 0 Å². The van der Waals surface area contributed by atoms with Crippen molar-refractivity contribution in [2.45, 2.75) is 38.5 Å². The largest absolute Gasteiger partial charge is 0.463 e. The summed E-state index contributed by atoms with van der Waals surface area (Å²) in [6.07, 6.45) is 7.79. The summed E-state index contributed by atoms with van der Waals surface area (Å²) in [4.78, 5) is 16.7. The van der Waals surface area contributed by atoms with Crippen LogP contribution in [0.25, 0.3) is 11.5 Å². The SMILES string of the molecule is NCC1(CC(=O)Nc2nc(-c3ccco3)cs2)CCCCC1. The fourth-order valence-corrected chi connectivity index (χ4v) is 3.84. The first kappa shape index (κ1) is 15.2. The van der Waals surface area contributed by atoms with Gasteiger partial charge in [0, 0.05) is 11.8 Å². The van der Waals surface area contributed by atoms with E-state index in [2.05, 4.69) is 10.3 Å². The van der Waals surface area contributed by atoms with E-state index in [1.54, 1.807) is 6.26 Å². The number of amides is 1. The van der Waals surface area contributed by atoms with Gasteiger partial charge in [-0.05, 0) is 36.9 Å². The van der Waals surface area contributed by atoms with Gasteiger partial charge in [0.05, 0.1) is 6.26 Å². The summed E-state index contributed by atoms with van der Waals surface area (Å²) in [5.41, 5.74) is 6.67. The van der Waals surface area contributed by atoms with Crippen molar-refractivity contribution in [3.63, 3.8) is 0 Å². The van der Waals surface area contributed by atoms with E-state index in [1.807, 2.05) is 17.5 Å². The van der Waals surface area contributed by atoms with Gasteiger partial charge in [0.1, 0.15) is 5.69 Å². The van der Waals surface area contributed by atoms with E-state index in [-0.39, 0.29) is 11.3 Å². The molecule has 0 aliphatic heterocycles. The molecule has 0 unspecified atom stereocenters. The lowest BCUT2D eigenvalue weighted by Crippen LogP contribution is -2.36. The minimum atomic E-state index is -0.0244. The Morgan fingerprint density at radius 2 is 2.23 bits per heavy atom. The molecule has 1 amide bonds. The number of nitrogens with one attached hydrogen (secondary N) is 1. The molecule has 3 rings (SSSR count). The zero-order valence-corrected chi connectivity index (χ0v) is 13.3. The first-order valence-electron chi connectivity index (χ1n) is 7.70. The number of nitrogens with zero attached hydrogens (tertiary/aromatic N) is 1. The molecule has 118 valence electrons. The number of thiazole rings is 1. The van der Waals surface area contributed by atoms with Crippen LogP contribution in [0, 0.1) is 5.41 Å². The summed E-state index contributed by atoms with van der Waals surface area (Å²) in [5, 5.41) is 5.40. The Hall–Kier alpha value is -1.66. The molecule has 1 aliphatic carbocycles. The fourth-order valence-electron chi connectivity index (χ4n) is 3.13. The third kappa shape index (κ3) is 3.39. The first-order valence-corrected chi connectivity index (χ1v) is 8.58. The van der Waals surface area contributed by atoms with E-state index in [0.717, 1.165) is 18.5 Å². The van der Waals surface area contributed by atoms with Crippen molar-refractivity contribution in [1.82, 2.24) is 4.98 Å². The van der Waals surface area contributed by atoms with Crippen LogP contribution < -0.4 is 11.1 Å². The number of aromatic nitrogens is 1. The van der Waals surface area contributed by atoms with Gasteiger partial charge in [-0.15, -0.1) is 11.3 Å². The molecule has 0 atom stereocenters. The minimum Gasteiger partial charge on any atom is -0.463 e. The zero-order valence-electron chi connectivity index (χ0n) is 12.5. The Balaban J connectivity index is 1.62. The lowest BCUT2D eigenvalue weighted by Gasteiger charge is -2.35. The lowest BCUT2D eigenvalue weighted by atomic mass is 9.72. The summed E-state index contributed by atoms with van der Waals surface area (Å²) in [5.74, 6) is 0.718. The van der Waals surface area contributed by atoms with E-state index < -0.39 is 0 Å². The Morgan fingerprint density at radius 1 is 1.41 bits per heavy atom. The molecule has 1 saturated carbocycles. The molecule has 2 aromatic rings. The topological polar surface area (TPSA) is 81.2 Å². The fraction of sp³-hybridized carbons (Fsp3) is 0.500. The second-order valence-corrected chi connectivity index (χ2v) is 6.86. The van der Waals surface area contributed by atoms with Gasteiger partial charge in [0.25, 0.3) is 0 Å². The van der Waals surface area contributed by atoms with Crippen LogP contribution in [0.4, 0.5) is 5.13 Å². The van der Waals surface area contributed by atoms with Crippen LogP contribution in [0.1, 0.15) is 38.5 Å². The number of carbonyl (C=O) groups is 1. The van der Waals surface area contributed by atoms with Gasteiger partial charge in [0.15, 0.2) is 10.9 Å². The van der Waals surface area contributed by atoms with Gasteiger partial charge in [0.2, 0.25) is 5.91 Å². The smallest absolute Gasteiger partial charge is 0.226 e. The second-order valence-electron chi connectivity index (χ2n) is 6.00. The lowest BCUT2D eigenvalue weighted by molar-refractivity contribution is -0.118. The third-order valence-electron chi connectivity index (χ3n) is 4.41. The van der Waals surface area contributed by atoms with Crippen LogP contribution in [0.3, 0.4) is 0 Å². The number of anilines is 1. The molecule has 0 spiro atoms. The second kappa shape index (κ2) is 6.62. The third-order valence-corrected chi connectivity index (χ3v) is 5.16. The summed E-state index contributed by atoms with van der Waals surface area (Å²) < 4.78 is 5.31. The van der Waals surface area contributed by atoms with Crippen LogP contribution in [-0.4, -0.2) is 17.4 Å². The van der Waals surface area contributed by atoms with Crippen LogP contribution in [0.15, 0.2) is 28.2 Å². The van der Waals surface area contributed by atoms with Crippen molar-refractivity contribution in [2.24, 2.45) is 11.1 Å². The maximum Gasteiger partial charge on any atom is 0.226 e. The van der Waals surface area contributed by atoms with Gasteiger partial charge in [-0.1, -0.05) is 19.3 Å². The number of rotatable bonds is 5. The monoisotopic (exact) mass is 319 g/mol. The molecule has 0 radical (unpaired) electrons. The van der Waals surface area contributed by atoms with E-state index in [0.29, 0.717) is 23.9 Å². The molecule has 0 saturated heterocycles. The summed E-state index contributed by atoms with van der Waals surface area (Å²) in [7, 11) is 0. The summed E-state index contributed by atoms with van der Waals surface area (Å²) >= 11 is 1.41. The quantitative estimate of drug-likeness (QED) is 0.881. The van der Waals surface area contributed by atoms with Crippen LogP contribution in [0.5, 0.6) is 0 Å². The average molecular weight is 319 g/mol. The number of nitrogens with two attached hydrogens (primary N) is 1. The minimum absolute atomic E-state index is 0.00712. The van der Waals surface area contributed by atoms with Gasteiger partial charge in [-0.25, -0.2) is 4.98 Å². The Morgan fingerprint density at radius 3 is 2.91 bits per heavy atom. The molecular formula is C16H21N3O2S. The highest BCUT2D eigenvalue weighted by atomic mass is 32.1. The number of hydrogen-bond donors (Lipinski definition) is 2. The Kier molecular flexibility index (Phi) is 4.59. The molecule has 1 aliphatic rings. The number of hydrogen-bond acceptors (Lipinski definition) is 5. The van der Waals surface area contributed by atoms with Crippen molar-refractivity contribution >= 4 is 22.4 Å². The molecule has 6 heteroatoms. The van der Waals surface area contributed by atoms with Crippen molar-refractivity contribution in [2.75, 3.05) is 11.9 Å². The van der Waals surface area contributed by atoms with Crippen LogP contribution in [0.2, 0.25) is 0 Å². The van der Waals surface area contributed by atoms with Crippen LogP contribution in [-0.2, 0) is 4.79 Å². The summed E-state index contributed by atoms with van der Waals surface area (Å²) in [6, 6.07) is 3.67. The highest BCUT2D eigenvalue weighted by Gasteiger charge is 2.33. The number of carbonyl (C=O) groups excluding carboxylic acids is 1. The summed E-state index contributed by atoms with van der Waals surface area (Å²) in [6.45, 7) is 0.579. The van der Waals surface area contributed by atoms with Crippen LogP contribution >= 0.6 is 11.3 Å². The molecule has 1 fully saturated rings. The van der Waals surface area contributed by atoms with E-state index in [1.165, 1.54) is 30.6 Å². The normalized spacial score (nSPS) is 17.3. The highest BCUT2D eigenvalue weighted by molar-refractivity contribution is 7.14. The van der Waals surface area contributed by atoms with Crippen molar-refractivity contribution in [3.8, 4) is 11.5 Å². The molecule has 0 aromatic carbocycles. The molecular weight excluding hydrogens is 298 g/mol. The van der Waals surface area contributed by atoms with E-state index >= 15 is 0 Å². The van der Waals surface area contributed by atoms with Gasteiger partial charge >= 0.3 is 0 Å². The maximum atomic E-state index is 12.3. The average Bonchev–Trinajstić information content (AvgIpc) is 3.19. The molecule has 2 aromatic heterocycles. The predicted molar refractivity (Wildman–Crippen MR) is 87.6 cm³/mol. The highest BCUT2D eigenvalue weighted by Crippen LogP contribution is 2.38. The van der Waals surface area contributed by atoms with Crippen molar-refractivity contribution < 1.29 is 9.21 Å². The molecule has 5 nitrogen and oxygen atoms in total. The zero-order chi connectivity index (χ0) is 15.4. The van der Waals surface area contributed by atoms with E-state index in [9.17, 15) is 4.79 Å². The van der Waals surface area contributed by atoms with Gasteiger partial charge < -0.3 is 15.5 Å². The first-order chi connectivity index (χ1) is 10.7. The predicted octanol–water partition coefficient (Wildman–Crippen LogP) is 3.64. The van der Waals surface area contributed by atoms with E-state index in [4.69, 9.17) is 10.2 Å². The molecule has 2 heterocycles. The standard InChI is InChI=1S/C16H21N3O2S/c17-11-16(6-2-1-3-7-16)9-14(20)19-15-18-12(10-22-15)13-5-4-8-21-13/h4-5,8,10H,1-3,6-7,9,11,17H2,(H,18,19,20). The Bertz CT molecular complexity index is 615. The number of furan rings is 1.